The standard InChI is InChI=1S/C5H16N2OP2/c1-4(6)5(3-8)2-7-10-9/h4-5,7-8,10H,2-3,6,9H2,1H3. The van der Waals surface area contributed by atoms with Crippen molar-refractivity contribution >= 4 is 17.3 Å². The lowest BCUT2D eigenvalue weighted by Crippen LogP contribution is -2.35. The van der Waals surface area contributed by atoms with Gasteiger partial charge in [-0.1, -0.05) is 8.93 Å². The van der Waals surface area contributed by atoms with Gasteiger partial charge in [0.1, 0.15) is 0 Å². The van der Waals surface area contributed by atoms with Crippen LogP contribution >= 0.6 is 17.3 Å². The zero-order valence-electron chi connectivity index (χ0n) is 6.17. The molecule has 0 aliphatic heterocycles. The Balaban J connectivity index is 3.40. The third kappa shape index (κ3) is 4.54. The van der Waals surface area contributed by atoms with Crippen molar-refractivity contribution in [2.24, 2.45) is 11.7 Å². The molecule has 0 aromatic rings. The van der Waals surface area contributed by atoms with E-state index < -0.39 is 0 Å². The van der Waals surface area contributed by atoms with Crippen molar-refractivity contribution < 1.29 is 5.11 Å². The minimum absolute atomic E-state index is 0.0684. The number of hydrogen-bond donors (Lipinski definition) is 3. The highest BCUT2D eigenvalue weighted by molar-refractivity contribution is 8.01. The summed E-state index contributed by atoms with van der Waals surface area (Å²) in [5.74, 6) is 0.188. The highest BCUT2D eigenvalue weighted by atomic mass is 32.0. The zero-order valence-corrected chi connectivity index (χ0v) is 8.33. The van der Waals surface area contributed by atoms with Crippen LogP contribution in [0.2, 0.25) is 0 Å². The molecule has 0 saturated heterocycles. The molecule has 0 rings (SSSR count). The van der Waals surface area contributed by atoms with Crippen molar-refractivity contribution in [3.63, 3.8) is 0 Å². The maximum absolute atomic E-state index is 8.80. The summed E-state index contributed by atoms with van der Waals surface area (Å²) in [5, 5.41) is 11.9. The first-order chi connectivity index (χ1) is 4.72. The molecule has 0 aromatic carbocycles. The summed E-state index contributed by atoms with van der Waals surface area (Å²) in [6.45, 7) is 2.88. The molecule has 4 atom stereocenters. The molecule has 3 nitrogen and oxygen atoms in total. The van der Waals surface area contributed by atoms with Crippen molar-refractivity contribution in [2.45, 2.75) is 13.0 Å². The molecule has 62 valence electrons. The number of hydrogen-bond acceptors (Lipinski definition) is 3. The molecule has 10 heavy (non-hydrogen) atoms. The third-order valence-corrected chi connectivity index (χ3v) is 2.47. The topological polar surface area (TPSA) is 58.3 Å². The maximum atomic E-state index is 8.80. The van der Waals surface area contributed by atoms with Gasteiger partial charge in [-0.25, -0.2) is 0 Å². The monoisotopic (exact) mass is 182 g/mol. The Hall–Kier alpha value is 0.740. The third-order valence-electron chi connectivity index (χ3n) is 1.44. The number of nitrogens with one attached hydrogen (secondary N) is 1. The molecule has 0 amide bonds. The van der Waals surface area contributed by atoms with Gasteiger partial charge in [-0.15, -0.1) is 0 Å². The molecule has 0 fully saturated rings. The van der Waals surface area contributed by atoms with E-state index in [2.05, 4.69) is 14.0 Å². The number of aliphatic hydroxyl groups excluding tert-OH is 1. The number of nitrogens with two attached hydrogens (primary N) is 1. The Labute approximate surface area is 66.1 Å². The highest BCUT2D eigenvalue weighted by Crippen LogP contribution is 2.14. The average molecular weight is 182 g/mol. The van der Waals surface area contributed by atoms with Crippen molar-refractivity contribution in [3.8, 4) is 0 Å². The second kappa shape index (κ2) is 6.45. The van der Waals surface area contributed by atoms with Crippen molar-refractivity contribution in [2.75, 3.05) is 13.2 Å². The molecule has 0 aromatic heterocycles. The van der Waals surface area contributed by atoms with Crippen LogP contribution in [0.3, 0.4) is 0 Å². The lowest BCUT2D eigenvalue weighted by atomic mass is 10.0. The van der Waals surface area contributed by atoms with E-state index in [9.17, 15) is 0 Å². The Morgan fingerprint density at radius 3 is 2.70 bits per heavy atom. The summed E-state index contributed by atoms with van der Waals surface area (Å²) < 4.78 is 0. The van der Waals surface area contributed by atoms with Crippen LogP contribution in [0, 0.1) is 5.92 Å². The first-order valence-corrected chi connectivity index (χ1v) is 6.08. The van der Waals surface area contributed by atoms with Gasteiger partial charge in [0.25, 0.3) is 0 Å². The van der Waals surface area contributed by atoms with Gasteiger partial charge in [0, 0.05) is 25.1 Å². The molecule has 0 spiro atoms. The first-order valence-electron chi connectivity index (χ1n) is 3.27. The molecule has 0 bridgehead atoms. The fraction of sp³-hybridized carbons (Fsp3) is 1.00. The second-order valence-electron chi connectivity index (χ2n) is 2.33. The van der Waals surface area contributed by atoms with Crippen molar-refractivity contribution in [1.29, 1.82) is 0 Å². The molecule has 0 heterocycles. The summed E-state index contributed by atoms with van der Waals surface area (Å²) in [4.78, 5) is 0. The van der Waals surface area contributed by atoms with E-state index in [0.29, 0.717) is 8.42 Å². The van der Waals surface area contributed by atoms with E-state index in [1.165, 1.54) is 0 Å². The van der Waals surface area contributed by atoms with Gasteiger partial charge in [0.05, 0.1) is 0 Å². The lowest BCUT2D eigenvalue weighted by Gasteiger charge is -2.17. The minimum atomic E-state index is 0.0684. The lowest BCUT2D eigenvalue weighted by molar-refractivity contribution is 0.211. The van der Waals surface area contributed by atoms with E-state index in [0.717, 1.165) is 6.54 Å². The molecular weight excluding hydrogens is 166 g/mol. The van der Waals surface area contributed by atoms with Crippen LogP contribution in [-0.2, 0) is 0 Å². The first kappa shape index (κ1) is 10.7. The van der Waals surface area contributed by atoms with Crippen LogP contribution in [0.1, 0.15) is 6.92 Å². The Kier molecular flexibility index (Phi) is 6.93. The maximum Gasteiger partial charge on any atom is 0.0486 e. The predicted molar refractivity (Wildman–Crippen MR) is 50.3 cm³/mol. The van der Waals surface area contributed by atoms with E-state index in [-0.39, 0.29) is 18.6 Å². The molecule has 0 saturated carbocycles. The SMILES string of the molecule is CC(N)C(CO)CNPP. The molecule has 0 aliphatic rings. The zero-order chi connectivity index (χ0) is 7.98. The number of rotatable bonds is 5. The van der Waals surface area contributed by atoms with Gasteiger partial charge >= 0.3 is 0 Å². The summed E-state index contributed by atoms with van der Waals surface area (Å²) >= 11 is 0. The van der Waals surface area contributed by atoms with Gasteiger partial charge in [-0.3, -0.25) is 5.09 Å². The van der Waals surface area contributed by atoms with E-state index in [1.807, 2.05) is 6.92 Å². The van der Waals surface area contributed by atoms with E-state index in [1.54, 1.807) is 0 Å². The van der Waals surface area contributed by atoms with Crippen molar-refractivity contribution in [1.82, 2.24) is 5.09 Å². The van der Waals surface area contributed by atoms with Crippen LogP contribution in [0.4, 0.5) is 0 Å². The number of aliphatic hydroxyl groups is 1. The Bertz CT molecular complexity index is 82.0. The Morgan fingerprint density at radius 2 is 2.40 bits per heavy atom. The van der Waals surface area contributed by atoms with E-state index >= 15 is 0 Å². The normalized spacial score (nSPS) is 18.0. The fourth-order valence-corrected chi connectivity index (χ4v) is 1.34. The molecule has 4 unspecified atom stereocenters. The summed E-state index contributed by atoms with van der Waals surface area (Å²) in [5.41, 5.74) is 5.58. The minimum Gasteiger partial charge on any atom is -0.396 e. The molecular formula is C5H16N2OP2. The van der Waals surface area contributed by atoms with E-state index in [4.69, 9.17) is 10.8 Å². The largest absolute Gasteiger partial charge is 0.396 e. The van der Waals surface area contributed by atoms with Gasteiger partial charge < -0.3 is 10.8 Å². The summed E-state index contributed by atoms with van der Waals surface area (Å²) in [6, 6.07) is 0.0684. The molecule has 0 aliphatic carbocycles. The smallest absolute Gasteiger partial charge is 0.0486 e. The quantitative estimate of drug-likeness (QED) is 0.521. The molecule has 4 N–H and O–H groups in total. The van der Waals surface area contributed by atoms with Gasteiger partial charge in [-0.05, 0) is 15.3 Å². The average Bonchev–Trinajstić information content (AvgIpc) is 1.89. The van der Waals surface area contributed by atoms with Crippen LogP contribution < -0.4 is 10.8 Å². The second-order valence-corrected chi connectivity index (χ2v) is 3.84. The summed E-state index contributed by atoms with van der Waals surface area (Å²) in [6.07, 6.45) is 0. The van der Waals surface area contributed by atoms with Crippen LogP contribution in [0.15, 0.2) is 0 Å². The van der Waals surface area contributed by atoms with Crippen molar-refractivity contribution in [3.05, 3.63) is 0 Å². The van der Waals surface area contributed by atoms with Crippen LogP contribution in [0.25, 0.3) is 0 Å². The predicted octanol–water partition coefficient (Wildman–Crippen LogP) is -0.0847. The van der Waals surface area contributed by atoms with Gasteiger partial charge in [-0.2, -0.15) is 0 Å². The molecule has 5 heteroatoms. The summed E-state index contributed by atoms with van der Waals surface area (Å²) in [7, 11) is 3.24. The van der Waals surface area contributed by atoms with Crippen LogP contribution in [-0.4, -0.2) is 24.3 Å². The Morgan fingerprint density at radius 1 is 1.80 bits per heavy atom. The van der Waals surface area contributed by atoms with Gasteiger partial charge in [0.15, 0.2) is 0 Å². The highest BCUT2D eigenvalue weighted by Gasteiger charge is 2.10. The van der Waals surface area contributed by atoms with Crippen LogP contribution in [0.5, 0.6) is 0 Å². The fourth-order valence-electron chi connectivity index (χ4n) is 0.607. The molecule has 0 radical (unpaired) electrons. The van der Waals surface area contributed by atoms with Gasteiger partial charge in [0.2, 0.25) is 0 Å².